The highest BCUT2D eigenvalue weighted by molar-refractivity contribution is 5.67. The Balaban J connectivity index is 2.22. The van der Waals surface area contributed by atoms with Crippen LogP contribution in [0.4, 0.5) is 20.2 Å². The number of nitrogens with one attached hydrogen (secondary N) is 1. The molecule has 0 saturated carbocycles. The Bertz CT molecular complexity index is 648. The van der Waals surface area contributed by atoms with E-state index >= 15 is 0 Å². The highest BCUT2D eigenvalue weighted by atomic mass is 19.2. The van der Waals surface area contributed by atoms with Gasteiger partial charge in [-0.3, -0.25) is 0 Å². The number of rotatable bonds is 5. The van der Waals surface area contributed by atoms with Crippen LogP contribution in [0.3, 0.4) is 0 Å². The number of methoxy groups -OCH3 is 2. The highest BCUT2D eigenvalue weighted by Crippen LogP contribution is 2.28. The number of benzene rings is 2. The van der Waals surface area contributed by atoms with Crippen LogP contribution < -0.4 is 20.5 Å². The van der Waals surface area contributed by atoms with Gasteiger partial charge in [0.1, 0.15) is 11.5 Å². The lowest BCUT2D eigenvalue weighted by Gasteiger charge is -2.14. The second kappa shape index (κ2) is 6.30. The first-order valence-corrected chi connectivity index (χ1v) is 6.25. The Morgan fingerprint density at radius 3 is 2.52 bits per heavy atom. The van der Waals surface area contributed by atoms with Crippen LogP contribution in [-0.2, 0) is 6.54 Å². The molecule has 2 aromatic rings. The molecular weight excluding hydrogens is 278 g/mol. The quantitative estimate of drug-likeness (QED) is 0.832. The van der Waals surface area contributed by atoms with Gasteiger partial charge in [-0.25, -0.2) is 8.78 Å². The molecule has 2 aromatic carbocycles. The van der Waals surface area contributed by atoms with Crippen molar-refractivity contribution in [2.45, 2.75) is 6.54 Å². The summed E-state index contributed by atoms with van der Waals surface area (Å²) in [7, 11) is 3.07. The van der Waals surface area contributed by atoms with Crippen LogP contribution in [0.5, 0.6) is 11.5 Å². The van der Waals surface area contributed by atoms with Crippen LogP contribution in [0.15, 0.2) is 30.3 Å². The van der Waals surface area contributed by atoms with Crippen molar-refractivity contribution in [3.8, 4) is 11.5 Å². The molecule has 0 unspecified atom stereocenters. The van der Waals surface area contributed by atoms with E-state index in [-0.39, 0.29) is 17.9 Å². The molecule has 0 aromatic heterocycles. The predicted molar refractivity (Wildman–Crippen MR) is 77.6 cm³/mol. The van der Waals surface area contributed by atoms with E-state index in [9.17, 15) is 8.78 Å². The predicted octanol–water partition coefficient (Wildman–Crippen LogP) is 3.18. The summed E-state index contributed by atoms with van der Waals surface area (Å²) in [5.41, 5.74) is 6.49. The summed E-state index contributed by atoms with van der Waals surface area (Å²) in [4.78, 5) is 0. The number of nitrogens with two attached hydrogens (primary N) is 1. The SMILES string of the molecule is COc1ccc(CNc2c(N)ccc(F)c2F)c(OC)c1. The third-order valence-corrected chi connectivity index (χ3v) is 3.08. The van der Waals surface area contributed by atoms with Crippen molar-refractivity contribution in [1.82, 2.24) is 0 Å². The van der Waals surface area contributed by atoms with Gasteiger partial charge in [0.25, 0.3) is 0 Å². The van der Waals surface area contributed by atoms with E-state index in [0.717, 1.165) is 11.6 Å². The fourth-order valence-electron chi connectivity index (χ4n) is 1.93. The van der Waals surface area contributed by atoms with E-state index in [1.807, 2.05) is 0 Å². The summed E-state index contributed by atoms with van der Waals surface area (Å²) in [6.07, 6.45) is 0. The summed E-state index contributed by atoms with van der Waals surface area (Å²) in [6, 6.07) is 7.54. The molecule has 2 rings (SSSR count). The van der Waals surface area contributed by atoms with Crippen LogP contribution in [-0.4, -0.2) is 14.2 Å². The summed E-state index contributed by atoms with van der Waals surface area (Å²) in [5, 5.41) is 2.79. The lowest BCUT2D eigenvalue weighted by Crippen LogP contribution is -2.07. The monoisotopic (exact) mass is 294 g/mol. The van der Waals surface area contributed by atoms with E-state index in [4.69, 9.17) is 15.2 Å². The minimum atomic E-state index is -0.998. The van der Waals surface area contributed by atoms with Crippen molar-refractivity contribution >= 4 is 11.4 Å². The second-order valence-electron chi connectivity index (χ2n) is 4.36. The molecule has 0 atom stereocenters. The molecule has 4 nitrogen and oxygen atoms in total. The molecule has 0 heterocycles. The molecule has 0 radical (unpaired) electrons. The second-order valence-corrected chi connectivity index (χ2v) is 4.36. The van der Waals surface area contributed by atoms with Crippen molar-refractivity contribution in [3.63, 3.8) is 0 Å². The molecule has 21 heavy (non-hydrogen) atoms. The molecule has 3 N–H and O–H groups in total. The van der Waals surface area contributed by atoms with Gasteiger partial charge in [0, 0.05) is 18.2 Å². The van der Waals surface area contributed by atoms with Gasteiger partial charge >= 0.3 is 0 Å². The zero-order chi connectivity index (χ0) is 15.4. The Morgan fingerprint density at radius 1 is 1.10 bits per heavy atom. The van der Waals surface area contributed by atoms with E-state index < -0.39 is 11.6 Å². The fourth-order valence-corrected chi connectivity index (χ4v) is 1.93. The van der Waals surface area contributed by atoms with Gasteiger partial charge in [-0.15, -0.1) is 0 Å². The number of nitrogen functional groups attached to an aromatic ring is 1. The molecule has 0 aliphatic carbocycles. The molecule has 0 fully saturated rings. The van der Waals surface area contributed by atoms with Crippen molar-refractivity contribution in [2.75, 3.05) is 25.3 Å². The first-order chi connectivity index (χ1) is 10.1. The van der Waals surface area contributed by atoms with Gasteiger partial charge < -0.3 is 20.5 Å². The number of halogens is 2. The summed E-state index contributed by atoms with van der Waals surface area (Å²) in [5.74, 6) is -0.722. The highest BCUT2D eigenvalue weighted by Gasteiger charge is 2.12. The number of ether oxygens (including phenoxy) is 2. The van der Waals surface area contributed by atoms with Crippen molar-refractivity contribution in [3.05, 3.63) is 47.5 Å². The van der Waals surface area contributed by atoms with Crippen molar-refractivity contribution in [2.24, 2.45) is 0 Å². The van der Waals surface area contributed by atoms with Crippen molar-refractivity contribution in [1.29, 1.82) is 0 Å². The third-order valence-electron chi connectivity index (χ3n) is 3.08. The first kappa shape index (κ1) is 14.9. The Hall–Kier alpha value is -2.50. The average Bonchev–Trinajstić information content (AvgIpc) is 2.51. The van der Waals surface area contributed by atoms with Gasteiger partial charge in [0.2, 0.25) is 0 Å². The Kier molecular flexibility index (Phi) is 4.47. The maximum Gasteiger partial charge on any atom is 0.183 e. The average molecular weight is 294 g/mol. The number of hydrogen-bond donors (Lipinski definition) is 2. The maximum atomic E-state index is 13.7. The largest absolute Gasteiger partial charge is 0.497 e. The Labute approximate surface area is 121 Å². The van der Waals surface area contributed by atoms with Gasteiger partial charge in [0.05, 0.1) is 25.6 Å². The summed E-state index contributed by atoms with van der Waals surface area (Å²) in [6.45, 7) is 0.234. The maximum absolute atomic E-state index is 13.7. The molecule has 0 bridgehead atoms. The topological polar surface area (TPSA) is 56.5 Å². The smallest absolute Gasteiger partial charge is 0.183 e. The molecule has 0 aliphatic rings. The van der Waals surface area contributed by atoms with Crippen LogP contribution in [0.2, 0.25) is 0 Å². The fraction of sp³-hybridized carbons (Fsp3) is 0.200. The van der Waals surface area contributed by atoms with E-state index in [2.05, 4.69) is 5.32 Å². The van der Waals surface area contributed by atoms with Gasteiger partial charge in [0.15, 0.2) is 11.6 Å². The standard InChI is InChI=1S/C15H16F2N2O2/c1-20-10-4-3-9(13(7-10)21-2)8-19-15-12(18)6-5-11(16)14(15)17/h3-7,19H,8,18H2,1-2H3. The van der Waals surface area contributed by atoms with Crippen LogP contribution in [0.1, 0.15) is 5.56 Å². The van der Waals surface area contributed by atoms with Gasteiger partial charge in [-0.05, 0) is 24.3 Å². The third kappa shape index (κ3) is 3.16. The van der Waals surface area contributed by atoms with Crippen LogP contribution in [0, 0.1) is 11.6 Å². The first-order valence-electron chi connectivity index (χ1n) is 6.25. The minimum absolute atomic E-state index is 0.0622. The van der Waals surface area contributed by atoms with Crippen LogP contribution >= 0.6 is 0 Å². The molecule has 0 aliphatic heterocycles. The molecule has 6 heteroatoms. The normalized spacial score (nSPS) is 10.3. The van der Waals surface area contributed by atoms with E-state index in [0.29, 0.717) is 11.5 Å². The minimum Gasteiger partial charge on any atom is -0.497 e. The molecular formula is C15H16F2N2O2. The number of hydrogen-bond acceptors (Lipinski definition) is 4. The van der Waals surface area contributed by atoms with Crippen LogP contribution in [0.25, 0.3) is 0 Å². The van der Waals surface area contributed by atoms with Gasteiger partial charge in [-0.2, -0.15) is 0 Å². The summed E-state index contributed by atoms with van der Waals surface area (Å²) >= 11 is 0. The number of anilines is 2. The molecule has 112 valence electrons. The van der Waals surface area contributed by atoms with E-state index in [1.165, 1.54) is 13.2 Å². The van der Waals surface area contributed by atoms with Crippen molar-refractivity contribution < 1.29 is 18.3 Å². The van der Waals surface area contributed by atoms with E-state index in [1.54, 1.807) is 25.3 Å². The zero-order valence-corrected chi connectivity index (χ0v) is 11.7. The lowest BCUT2D eigenvalue weighted by atomic mass is 10.1. The van der Waals surface area contributed by atoms with Gasteiger partial charge in [-0.1, -0.05) is 0 Å². The molecule has 0 spiro atoms. The Morgan fingerprint density at radius 2 is 1.86 bits per heavy atom. The lowest BCUT2D eigenvalue weighted by molar-refractivity contribution is 0.391. The zero-order valence-electron chi connectivity index (χ0n) is 11.7. The molecule has 0 amide bonds. The molecule has 0 saturated heterocycles. The summed E-state index contributed by atoms with van der Waals surface area (Å²) < 4.78 is 37.3.